The molecule has 1 heterocycles. The molecule has 170 valence electrons. The first-order valence-corrected chi connectivity index (χ1v) is 11.4. The Morgan fingerprint density at radius 2 is 1.97 bits per heavy atom. The lowest BCUT2D eigenvalue weighted by molar-refractivity contribution is -0.137. The van der Waals surface area contributed by atoms with Crippen molar-refractivity contribution < 1.29 is 24.1 Å². The van der Waals surface area contributed by atoms with E-state index in [1.807, 2.05) is 24.3 Å². The summed E-state index contributed by atoms with van der Waals surface area (Å²) < 4.78 is 17.8. The van der Waals surface area contributed by atoms with Gasteiger partial charge in [-0.05, 0) is 72.2 Å². The number of carboxylic acids is 1. The van der Waals surface area contributed by atoms with Gasteiger partial charge < -0.3 is 19.3 Å². The predicted molar refractivity (Wildman–Crippen MR) is 127 cm³/mol. The van der Waals surface area contributed by atoms with Crippen molar-refractivity contribution in [3.63, 3.8) is 0 Å². The van der Waals surface area contributed by atoms with E-state index >= 15 is 0 Å². The van der Waals surface area contributed by atoms with Gasteiger partial charge in [-0.1, -0.05) is 30.3 Å². The van der Waals surface area contributed by atoms with Gasteiger partial charge in [0.05, 0.1) is 20.1 Å². The van der Waals surface area contributed by atoms with E-state index in [9.17, 15) is 4.79 Å². The summed E-state index contributed by atoms with van der Waals surface area (Å²) in [6.07, 6.45) is 1.91. The number of fused-ring (bicyclic) bond motifs is 2. The summed E-state index contributed by atoms with van der Waals surface area (Å²) in [6.45, 7) is 4.66. The molecule has 2 atom stereocenters. The van der Waals surface area contributed by atoms with Crippen molar-refractivity contribution in [1.82, 2.24) is 0 Å². The zero-order chi connectivity index (χ0) is 23.1. The number of ether oxygens (including phenoxy) is 3. The highest BCUT2D eigenvalue weighted by Gasteiger charge is 2.30. The van der Waals surface area contributed by atoms with Gasteiger partial charge in [-0.15, -0.1) is 0 Å². The molecule has 0 saturated carbocycles. The molecule has 1 N–H and O–H groups in total. The minimum Gasteiger partial charge on any atom is -0.496 e. The molecule has 3 aromatic carbocycles. The number of aryl methyl sites for hydroxylation is 1. The molecule has 0 bridgehead atoms. The smallest absolute Gasteiger partial charge is 0.304 e. The first-order valence-electron chi connectivity index (χ1n) is 11.4. The Balaban J connectivity index is 1.43. The molecule has 0 saturated heterocycles. The lowest BCUT2D eigenvalue weighted by atomic mass is 9.90. The summed E-state index contributed by atoms with van der Waals surface area (Å²) in [5.41, 5.74) is 8.38. The molecular weight excluding hydrogens is 416 g/mol. The third kappa shape index (κ3) is 3.82. The molecular formula is C28H28O5. The molecule has 5 heteroatoms. The van der Waals surface area contributed by atoms with E-state index in [1.165, 1.54) is 27.8 Å². The molecule has 0 radical (unpaired) electrons. The molecule has 0 spiro atoms. The molecule has 0 aromatic heterocycles. The van der Waals surface area contributed by atoms with Crippen molar-refractivity contribution in [2.24, 2.45) is 0 Å². The summed E-state index contributed by atoms with van der Waals surface area (Å²) in [7, 11) is 1.71. The SMILES string of the molecule is COc1ccc(C)c(-c2cccc3c2CCC3Oc2ccc3c(c2)OCC3CC(=O)O)c1C. The summed E-state index contributed by atoms with van der Waals surface area (Å²) in [5, 5.41) is 9.12. The number of aliphatic carboxylic acids is 1. The van der Waals surface area contributed by atoms with Crippen molar-refractivity contribution in [2.75, 3.05) is 13.7 Å². The van der Waals surface area contributed by atoms with E-state index in [0.717, 1.165) is 41.2 Å². The predicted octanol–water partition coefficient (Wildman–Crippen LogP) is 6.00. The van der Waals surface area contributed by atoms with Crippen LogP contribution >= 0.6 is 0 Å². The maximum Gasteiger partial charge on any atom is 0.304 e. The van der Waals surface area contributed by atoms with Crippen molar-refractivity contribution in [1.29, 1.82) is 0 Å². The topological polar surface area (TPSA) is 65.0 Å². The number of benzene rings is 3. The third-order valence-electron chi connectivity index (χ3n) is 6.89. The minimum absolute atomic E-state index is 0.0274. The van der Waals surface area contributed by atoms with Gasteiger partial charge in [0.2, 0.25) is 0 Å². The second kappa shape index (κ2) is 8.47. The van der Waals surface area contributed by atoms with Gasteiger partial charge in [0.25, 0.3) is 0 Å². The molecule has 33 heavy (non-hydrogen) atoms. The Kier molecular flexibility index (Phi) is 5.49. The van der Waals surface area contributed by atoms with Crippen LogP contribution in [0.1, 0.15) is 52.7 Å². The van der Waals surface area contributed by atoms with Crippen LogP contribution in [0.3, 0.4) is 0 Å². The Labute approximate surface area is 193 Å². The zero-order valence-electron chi connectivity index (χ0n) is 19.2. The second-order valence-electron chi connectivity index (χ2n) is 8.91. The van der Waals surface area contributed by atoms with Crippen LogP contribution < -0.4 is 14.2 Å². The monoisotopic (exact) mass is 444 g/mol. The van der Waals surface area contributed by atoms with Crippen molar-refractivity contribution in [3.8, 4) is 28.4 Å². The Morgan fingerprint density at radius 3 is 2.76 bits per heavy atom. The van der Waals surface area contributed by atoms with Crippen molar-refractivity contribution >= 4 is 5.97 Å². The molecule has 1 aliphatic carbocycles. The van der Waals surface area contributed by atoms with Crippen LogP contribution in [0.4, 0.5) is 0 Å². The van der Waals surface area contributed by atoms with Crippen LogP contribution in [0.25, 0.3) is 11.1 Å². The Morgan fingerprint density at radius 1 is 1.12 bits per heavy atom. The van der Waals surface area contributed by atoms with E-state index in [4.69, 9.17) is 19.3 Å². The van der Waals surface area contributed by atoms with Crippen LogP contribution in [0.2, 0.25) is 0 Å². The van der Waals surface area contributed by atoms with E-state index in [0.29, 0.717) is 6.61 Å². The second-order valence-corrected chi connectivity index (χ2v) is 8.91. The highest BCUT2D eigenvalue weighted by Crippen LogP contribution is 2.44. The summed E-state index contributed by atoms with van der Waals surface area (Å²) in [4.78, 5) is 11.1. The van der Waals surface area contributed by atoms with Gasteiger partial charge in [0, 0.05) is 17.5 Å². The number of rotatable bonds is 6. The summed E-state index contributed by atoms with van der Waals surface area (Å²) in [6, 6.07) is 16.4. The number of hydrogen-bond donors (Lipinski definition) is 1. The average molecular weight is 445 g/mol. The quantitative estimate of drug-likeness (QED) is 0.505. The normalized spacial score (nSPS) is 18.4. The minimum atomic E-state index is -0.809. The van der Waals surface area contributed by atoms with Crippen LogP contribution in [0.15, 0.2) is 48.5 Å². The van der Waals surface area contributed by atoms with E-state index < -0.39 is 5.97 Å². The fraction of sp³-hybridized carbons (Fsp3) is 0.321. The van der Waals surface area contributed by atoms with Gasteiger partial charge in [-0.2, -0.15) is 0 Å². The number of carboxylic acid groups (broad SMARTS) is 1. The van der Waals surface area contributed by atoms with Crippen molar-refractivity contribution in [2.45, 2.75) is 45.1 Å². The number of methoxy groups -OCH3 is 1. The maximum absolute atomic E-state index is 11.1. The Bertz CT molecular complexity index is 1230. The zero-order valence-corrected chi connectivity index (χ0v) is 19.2. The van der Waals surface area contributed by atoms with E-state index in [2.05, 4.69) is 38.1 Å². The third-order valence-corrected chi connectivity index (χ3v) is 6.89. The fourth-order valence-electron chi connectivity index (χ4n) is 5.31. The summed E-state index contributed by atoms with van der Waals surface area (Å²) >= 11 is 0. The molecule has 5 rings (SSSR count). The first-order chi connectivity index (χ1) is 16.0. The fourth-order valence-corrected chi connectivity index (χ4v) is 5.31. The molecule has 0 fully saturated rings. The highest BCUT2D eigenvalue weighted by atomic mass is 16.5. The van der Waals surface area contributed by atoms with Crippen LogP contribution in [-0.2, 0) is 11.2 Å². The number of hydrogen-bond acceptors (Lipinski definition) is 4. The molecule has 5 nitrogen and oxygen atoms in total. The molecule has 3 aromatic rings. The lowest BCUT2D eigenvalue weighted by Crippen LogP contribution is -2.07. The van der Waals surface area contributed by atoms with Crippen molar-refractivity contribution in [3.05, 3.63) is 76.3 Å². The largest absolute Gasteiger partial charge is 0.496 e. The molecule has 1 aliphatic heterocycles. The highest BCUT2D eigenvalue weighted by molar-refractivity contribution is 5.77. The van der Waals surface area contributed by atoms with Gasteiger partial charge in [0.1, 0.15) is 23.4 Å². The van der Waals surface area contributed by atoms with Crippen LogP contribution in [0.5, 0.6) is 17.2 Å². The Hall–Kier alpha value is -3.47. The lowest BCUT2D eigenvalue weighted by Gasteiger charge is -2.18. The summed E-state index contributed by atoms with van der Waals surface area (Å²) in [5.74, 6) is 1.47. The van der Waals surface area contributed by atoms with Gasteiger partial charge >= 0.3 is 5.97 Å². The molecule has 0 amide bonds. The maximum atomic E-state index is 11.1. The first kappa shape index (κ1) is 21.4. The van der Waals surface area contributed by atoms with Crippen LogP contribution in [-0.4, -0.2) is 24.8 Å². The average Bonchev–Trinajstić information content (AvgIpc) is 3.38. The van der Waals surface area contributed by atoms with Gasteiger partial charge in [-0.3, -0.25) is 4.79 Å². The standard InChI is InChI=1S/C28H28O5/c1-16-7-11-24(31-3)17(2)28(16)23-6-4-5-22-21(23)10-12-25(22)33-19-8-9-20-18(13-27(29)30)15-32-26(20)14-19/h4-9,11,14,18,25H,10,12-13,15H2,1-3H3,(H,29,30). The van der Waals surface area contributed by atoms with Gasteiger partial charge in [-0.25, -0.2) is 0 Å². The van der Waals surface area contributed by atoms with Crippen LogP contribution in [0, 0.1) is 13.8 Å². The van der Waals surface area contributed by atoms with E-state index in [-0.39, 0.29) is 18.4 Å². The number of carbonyl (C=O) groups is 1. The molecule has 2 aliphatic rings. The van der Waals surface area contributed by atoms with E-state index in [1.54, 1.807) is 7.11 Å². The molecule has 2 unspecified atom stereocenters. The van der Waals surface area contributed by atoms with Gasteiger partial charge in [0.15, 0.2) is 0 Å².